The van der Waals surface area contributed by atoms with Gasteiger partial charge in [0.1, 0.15) is 11.6 Å². The molecule has 1 fully saturated rings. The Kier molecular flexibility index (Phi) is 4.05. The Bertz CT molecular complexity index is 546. The highest BCUT2D eigenvalue weighted by Gasteiger charge is 2.26. The first-order valence-electron chi connectivity index (χ1n) is 6.14. The smallest absolute Gasteiger partial charge is 0.246 e. The molecule has 0 aliphatic heterocycles. The van der Waals surface area contributed by atoms with Crippen LogP contribution in [0.1, 0.15) is 25.7 Å². The molecular formula is C12H16F2N2O2S. The van der Waals surface area contributed by atoms with Crippen molar-refractivity contribution in [3.8, 4) is 0 Å². The normalized spacial score (nSPS) is 16.9. The van der Waals surface area contributed by atoms with E-state index < -0.39 is 26.6 Å². The van der Waals surface area contributed by atoms with Gasteiger partial charge in [-0.05, 0) is 30.9 Å². The number of benzene rings is 1. The first-order chi connectivity index (χ1) is 8.90. The standard InChI is InChI=1S/C12H16F2N2O2S/c13-10-5-9(15)6-11(14)12(10)19(17,18)16-7-8-3-1-2-4-8/h5-6,8,16H,1-4,7,15H2. The lowest BCUT2D eigenvalue weighted by Gasteiger charge is -2.12. The summed E-state index contributed by atoms with van der Waals surface area (Å²) in [4.78, 5) is -0.959. The van der Waals surface area contributed by atoms with Crippen molar-refractivity contribution < 1.29 is 17.2 Å². The van der Waals surface area contributed by atoms with Crippen LogP contribution in [0.15, 0.2) is 17.0 Å². The maximum atomic E-state index is 13.6. The number of hydrogen-bond donors (Lipinski definition) is 2. The molecule has 0 aromatic heterocycles. The number of hydrogen-bond acceptors (Lipinski definition) is 3. The molecule has 1 aliphatic carbocycles. The number of anilines is 1. The van der Waals surface area contributed by atoms with E-state index in [0.29, 0.717) is 0 Å². The van der Waals surface area contributed by atoms with E-state index in [9.17, 15) is 17.2 Å². The molecule has 0 radical (unpaired) electrons. The second-order valence-corrected chi connectivity index (χ2v) is 6.52. The fraction of sp³-hybridized carbons (Fsp3) is 0.500. The summed E-state index contributed by atoms with van der Waals surface area (Å²) in [7, 11) is -4.18. The van der Waals surface area contributed by atoms with Crippen LogP contribution in [-0.2, 0) is 10.0 Å². The lowest BCUT2D eigenvalue weighted by molar-refractivity contribution is 0.497. The average molecular weight is 290 g/mol. The van der Waals surface area contributed by atoms with Gasteiger partial charge in [-0.25, -0.2) is 21.9 Å². The van der Waals surface area contributed by atoms with Gasteiger partial charge in [0.15, 0.2) is 4.90 Å². The van der Waals surface area contributed by atoms with Crippen molar-refractivity contribution in [1.82, 2.24) is 4.72 Å². The monoisotopic (exact) mass is 290 g/mol. The molecular weight excluding hydrogens is 274 g/mol. The van der Waals surface area contributed by atoms with Gasteiger partial charge >= 0.3 is 0 Å². The van der Waals surface area contributed by atoms with Gasteiger partial charge in [0.2, 0.25) is 10.0 Å². The molecule has 1 aromatic carbocycles. The molecule has 0 bridgehead atoms. The Morgan fingerprint density at radius 2 is 1.74 bits per heavy atom. The van der Waals surface area contributed by atoms with Crippen molar-refractivity contribution in [2.45, 2.75) is 30.6 Å². The van der Waals surface area contributed by atoms with Crippen LogP contribution in [-0.4, -0.2) is 15.0 Å². The molecule has 3 N–H and O–H groups in total. The third kappa shape index (κ3) is 3.22. The van der Waals surface area contributed by atoms with Crippen molar-refractivity contribution in [2.24, 2.45) is 5.92 Å². The van der Waals surface area contributed by atoms with E-state index in [1.807, 2.05) is 0 Å². The summed E-state index contributed by atoms with van der Waals surface area (Å²) in [5, 5.41) is 0. The average Bonchev–Trinajstić information content (AvgIpc) is 2.77. The van der Waals surface area contributed by atoms with Crippen LogP contribution in [0.2, 0.25) is 0 Å². The zero-order valence-electron chi connectivity index (χ0n) is 10.3. The molecule has 4 nitrogen and oxygen atoms in total. The lowest BCUT2D eigenvalue weighted by atomic mass is 10.1. The minimum absolute atomic E-state index is 0.148. The van der Waals surface area contributed by atoms with Crippen molar-refractivity contribution in [1.29, 1.82) is 0 Å². The maximum Gasteiger partial charge on any atom is 0.246 e. The van der Waals surface area contributed by atoms with Gasteiger partial charge in [-0.15, -0.1) is 0 Å². The third-order valence-corrected chi connectivity index (χ3v) is 4.80. The van der Waals surface area contributed by atoms with Gasteiger partial charge in [0.25, 0.3) is 0 Å². The van der Waals surface area contributed by atoms with Crippen molar-refractivity contribution >= 4 is 15.7 Å². The number of nitrogen functional groups attached to an aromatic ring is 1. The number of halogens is 2. The summed E-state index contributed by atoms with van der Waals surface area (Å²) in [6.45, 7) is 0.214. The number of nitrogens with one attached hydrogen (secondary N) is 1. The number of sulfonamides is 1. The summed E-state index contributed by atoms with van der Waals surface area (Å²) in [5.41, 5.74) is 5.10. The molecule has 1 aliphatic rings. The Balaban J connectivity index is 2.19. The second kappa shape index (κ2) is 5.42. The summed E-state index contributed by atoms with van der Waals surface area (Å²) in [5.74, 6) is -2.09. The molecule has 0 spiro atoms. The van der Waals surface area contributed by atoms with E-state index in [1.54, 1.807) is 0 Å². The summed E-state index contributed by atoms with van der Waals surface area (Å²) < 4.78 is 53.2. The molecule has 19 heavy (non-hydrogen) atoms. The first kappa shape index (κ1) is 14.2. The fourth-order valence-corrected chi connectivity index (χ4v) is 3.58. The first-order valence-corrected chi connectivity index (χ1v) is 7.62. The lowest BCUT2D eigenvalue weighted by Crippen LogP contribution is -2.30. The van der Waals surface area contributed by atoms with Crippen LogP contribution >= 0.6 is 0 Å². The largest absolute Gasteiger partial charge is 0.399 e. The zero-order chi connectivity index (χ0) is 14.0. The molecule has 2 rings (SSSR count). The highest BCUT2D eigenvalue weighted by atomic mass is 32.2. The van der Waals surface area contributed by atoms with Crippen molar-refractivity contribution in [2.75, 3.05) is 12.3 Å². The maximum absolute atomic E-state index is 13.6. The van der Waals surface area contributed by atoms with E-state index in [1.165, 1.54) is 0 Å². The molecule has 0 unspecified atom stereocenters. The van der Waals surface area contributed by atoms with Gasteiger partial charge in [0, 0.05) is 12.2 Å². The summed E-state index contributed by atoms with van der Waals surface area (Å²) in [6, 6.07) is 1.60. The molecule has 0 saturated heterocycles. The van der Waals surface area contributed by atoms with Gasteiger partial charge in [0.05, 0.1) is 0 Å². The van der Waals surface area contributed by atoms with Crippen molar-refractivity contribution in [3.63, 3.8) is 0 Å². The molecule has 0 atom stereocenters. The Hall–Kier alpha value is -1.21. The third-order valence-electron chi connectivity index (χ3n) is 3.33. The predicted octanol–water partition coefficient (Wildman–Crippen LogP) is 2.02. The van der Waals surface area contributed by atoms with Gasteiger partial charge < -0.3 is 5.73 Å². The fourth-order valence-electron chi connectivity index (χ4n) is 2.35. The second-order valence-electron chi connectivity index (χ2n) is 4.82. The summed E-state index contributed by atoms with van der Waals surface area (Å²) in [6.07, 6.45) is 4.01. The molecule has 1 aromatic rings. The van der Waals surface area contributed by atoms with E-state index in [-0.39, 0.29) is 18.2 Å². The molecule has 0 amide bonds. The zero-order valence-corrected chi connectivity index (χ0v) is 11.1. The Morgan fingerprint density at radius 3 is 2.26 bits per heavy atom. The SMILES string of the molecule is Nc1cc(F)c(S(=O)(=O)NCC2CCCC2)c(F)c1. The van der Waals surface area contributed by atoms with Crippen LogP contribution in [0.3, 0.4) is 0 Å². The quantitative estimate of drug-likeness (QED) is 0.833. The van der Waals surface area contributed by atoms with Crippen LogP contribution in [0, 0.1) is 17.6 Å². The van der Waals surface area contributed by atoms with Crippen LogP contribution in [0.5, 0.6) is 0 Å². The van der Waals surface area contributed by atoms with Crippen LogP contribution in [0.25, 0.3) is 0 Å². The van der Waals surface area contributed by atoms with Crippen molar-refractivity contribution in [3.05, 3.63) is 23.8 Å². The molecule has 106 valence electrons. The van der Waals surface area contributed by atoms with Crippen LogP contribution < -0.4 is 10.5 Å². The van der Waals surface area contributed by atoms with E-state index in [2.05, 4.69) is 4.72 Å². The predicted molar refractivity (Wildman–Crippen MR) is 67.9 cm³/mol. The minimum Gasteiger partial charge on any atom is -0.399 e. The van der Waals surface area contributed by atoms with Crippen LogP contribution in [0.4, 0.5) is 14.5 Å². The topological polar surface area (TPSA) is 72.2 Å². The van der Waals surface area contributed by atoms with Gasteiger partial charge in [-0.3, -0.25) is 0 Å². The van der Waals surface area contributed by atoms with E-state index in [4.69, 9.17) is 5.73 Å². The molecule has 0 heterocycles. The van der Waals surface area contributed by atoms with E-state index >= 15 is 0 Å². The minimum atomic E-state index is -4.18. The number of nitrogens with two attached hydrogens (primary N) is 1. The number of rotatable bonds is 4. The Labute approximate surface area is 111 Å². The summed E-state index contributed by atoms with van der Waals surface area (Å²) >= 11 is 0. The van der Waals surface area contributed by atoms with Gasteiger partial charge in [-0.1, -0.05) is 12.8 Å². The molecule has 7 heteroatoms. The Morgan fingerprint density at radius 1 is 1.21 bits per heavy atom. The highest BCUT2D eigenvalue weighted by molar-refractivity contribution is 7.89. The molecule has 1 saturated carbocycles. The van der Waals surface area contributed by atoms with Gasteiger partial charge in [-0.2, -0.15) is 0 Å². The van der Waals surface area contributed by atoms with E-state index in [0.717, 1.165) is 37.8 Å². The highest BCUT2D eigenvalue weighted by Crippen LogP contribution is 2.25.